The van der Waals surface area contributed by atoms with Crippen molar-refractivity contribution < 1.29 is 14.8 Å². The molecule has 0 atom stereocenters. The van der Waals surface area contributed by atoms with Crippen molar-refractivity contribution in [1.29, 1.82) is 0 Å². The van der Waals surface area contributed by atoms with Gasteiger partial charge in [0.05, 0.1) is 4.92 Å². The van der Waals surface area contributed by atoms with Crippen LogP contribution in [0.4, 0.5) is 11.5 Å². The van der Waals surface area contributed by atoms with Gasteiger partial charge in [0.2, 0.25) is 5.82 Å². The van der Waals surface area contributed by atoms with Gasteiger partial charge >= 0.3 is 11.7 Å². The Hall–Kier alpha value is -2.12. The number of rotatable bonds is 5. The van der Waals surface area contributed by atoms with E-state index in [1.807, 2.05) is 13.8 Å². The summed E-state index contributed by atoms with van der Waals surface area (Å²) in [6.45, 7) is 4.74. The minimum absolute atomic E-state index is 0.0984. The highest BCUT2D eigenvalue weighted by Crippen LogP contribution is 2.30. The SMILES string of the molecule is Cc1nn(C(C)C)c(NCC(=O)O)c1[N+](=O)[O-]. The van der Waals surface area contributed by atoms with Crippen LogP contribution in [0, 0.1) is 17.0 Å². The van der Waals surface area contributed by atoms with E-state index in [-0.39, 0.29) is 23.2 Å². The Morgan fingerprint density at radius 2 is 2.24 bits per heavy atom. The van der Waals surface area contributed by atoms with Gasteiger partial charge in [-0.15, -0.1) is 0 Å². The summed E-state index contributed by atoms with van der Waals surface area (Å²) in [7, 11) is 0. The van der Waals surface area contributed by atoms with Crippen LogP contribution in [-0.2, 0) is 4.79 Å². The Kier molecular flexibility index (Phi) is 3.66. The molecule has 1 heterocycles. The van der Waals surface area contributed by atoms with Gasteiger partial charge in [-0.2, -0.15) is 5.10 Å². The first kappa shape index (κ1) is 12.9. The minimum atomic E-state index is -1.09. The first-order valence-corrected chi connectivity index (χ1v) is 5.03. The van der Waals surface area contributed by atoms with Crippen molar-refractivity contribution in [3.63, 3.8) is 0 Å². The number of aromatic nitrogens is 2. The van der Waals surface area contributed by atoms with E-state index in [1.165, 1.54) is 11.6 Å². The van der Waals surface area contributed by atoms with Crippen LogP contribution in [0.15, 0.2) is 0 Å². The molecule has 0 aliphatic heterocycles. The number of carboxylic acids is 1. The van der Waals surface area contributed by atoms with E-state index in [9.17, 15) is 14.9 Å². The lowest BCUT2D eigenvalue weighted by Gasteiger charge is -2.10. The molecule has 0 bridgehead atoms. The first-order valence-electron chi connectivity index (χ1n) is 5.03. The molecule has 8 heteroatoms. The maximum absolute atomic E-state index is 10.9. The fourth-order valence-corrected chi connectivity index (χ4v) is 1.46. The van der Waals surface area contributed by atoms with Gasteiger partial charge in [-0.05, 0) is 20.8 Å². The second-order valence-electron chi connectivity index (χ2n) is 3.83. The molecule has 0 aliphatic rings. The van der Waals surface area contributed by atoms with Crippen molar-refractivity contribution in [2.75, 3.05) is 11.9 Å². The highest BCUT2D eigenvalue weighted by Gasteiger charge is 2.26. The summed E-state index contributed by atoms with van der Waals surface area (Å²) in [5.41, 5.74) is 0.0801. The Labute approximate surface area is 97.4 Å². The molecule has 0 fully saturated rings. The lowest BCUT2D eigenvalue weighted by Crippen LogP contribution is -2.17. The van der Waals surface area contributed by atoms with E-state index in [1.54, 1.807) is 0 Å². The normalized spacial score (nSPS) is 10.6. The van der Waals surface area contributed by atoms with Gasteiger partial charge in [0, 0.05) is 6.04 Å². The number of aliphatic carboxylic acids is 1. The molecule has 0 saturated heterocycles. The lowest BCUT2D eigenvalue weighted by molar-refractivity contribution is -0.384. The van der Waals surface area contributed by atoms with Gasteiger partial charge in [0.1, 0.15) is 12.2 Å². The second-order valence-corrected chi connectivity index (χ2v) is 3.83. The fourth-order valence-electron chi connectivity index (χ4n) is 1.46. The van der Waals surface area contributed by atoms with E-state index in [0.717, 1.165) is 0 Å². The largest absolute Gasteiger partial charge is 0.480 e. The Balaban J connectivity index is 3.20. The number of carbonyl (C=O) groups is 1. The number of nitrogens with zero attached hydrogens (tertiary/aromatic N) is 3. The van der Waals surface area contributed by atoms with E-state index < -0.39 is 17.4 Å². The molecular weight excluding hydrogens is 228 g/mol. The van der Waals surface area contributed by atoms with E-state index in [0.29, 0.717) is 0 Å². The van der Waals surface area contributed by atoms with Gasteiger partial charge in [0.15, 0.2) is 0 Å². The average molecular weight is 242 g/mol. The quantitative estimate of drug-likeness (QED) is 0.592. The lowest BCUT2D eigenvalue weighted by atomic mass is 10.3. The highest BCUT2D eigenvalue weighted by atomic mass is 16.6. The predicted octanol–water partition coefficient (Wildman–Crippen LogP) is 1.18. The van der Waals surface area contributed by atoms with Gasteiger partial charge in [-0.3, -0.25) is 14.9 Å². The molecule has 0 unspecified atom stereocenters. The maximum atomic E-state index is 10.9. The number of nitro groups is 1. The molecule has 0 spiro atoms. The minimum Gasteiger partial charge on any atom is -0.480 e. The highest BCUT2D eigenvalue weighted by molar-refractivity contribution is 5.74. The molecule has 0 aromatic carbocycles. The van der Waals surface area contributed by atoms with Gasteiger partial charge in [-0.1, -0.05) is 0 Å². The third-order valence-corrected chi connectivity index (χ3v) is 2.13. The van der Waals surface area contributed by atoms with Crippen LogP contribution in [0.5, 0.6) is 0 Å². The summed E-state index contributed by atoms with van der Waals surface area (Å²) in [4.78, 5) is 20.8. The van der Waals surface area contributed by atoms with E-state index >= 15 is 0 Å². The van der Waals surface area contributed by atoms with Crippen LogP contribution in [0.3, 0.4) is 0 Å². The van der Waals surface area contributed by atoms with Crippen LogP contribution in [0.1, 0.15) is 25.6 Å². The molecule has 2 N–H and O–H groups in total. The van der Waals surface area contributed by atoms with Crippen LogP contribution < -0.4 is 5.32 Å². The first-order chi connectivity index (χ1) is 7.84. The fraction of sp³-hybridized carbons (Fsp3) is 0.556. The molecule has 94 valence electrons. The summed E-state index contributed by atoms with van der Waals surface area (Å²) in [5.74, 6) is -0.960. The van der Waals surface area contributed by atoms with Crippen LogP contribution in [0.25, 0.3) is 0 Å². The zero-order chi connectivity index (χ0) is 13.2. The molecule has 1 rings (SSSR count). The van der Waals surface area contributed by atoms with Gasteiger partial charge in [0.25, 0.3) is 0 Å². The topological polar surface area (TPSA) is 110 Å². The number of hydrogen-bond donors (Lipinski definition) is 2. The average Bonchev–Trinajstić information content (AvgIpc) is 2.52. The number of carboxylic acid groups (broad SMARTS) is 1. The van der Waals surface area contributed by atoms with Crippen LogP contribution in [0.2, 0.25) is 0 Å². The molecule has 1 aromatic rings. The third kappa shape index (κ3) is 2.71. The van der Waals surface area contributed by atoms with Gasteiger partial charge in [-0.25, -0.2) is 4.68 Å². The second kappa shape index (κ2) is 4.81. The molecular formula is C9H14N4O4. The number of aryl methyl sites for hydroxylation is 1. The molecule has 1 aromatic heterocycles. The van der Waals surface area contributed by atoms with E-state index in [2.05, 4.69) is 10.4 Å². The van der Waals surface area contributed by atoms with Crippen LogP contribution in [-0.4, -0.2) is 32.3 Å². The van der Waals surface area contributed by atoms with Crippen molar-refractivity contribution in [3.8, 4) is 0 Å². The molecule has 0 amide bonds. The summed E-state index contributed by atoms with van der Waals surface area (Å²) in [6, 6.07) is -0.0984. The molecule has 0 radical (unpaired) electrons. The number of anilines is 1. The monoisotopic (exact) mass is 242 g/mol. The summed E-state index contributed by atoms with van der Waals surface area (Å²) in [5, 5.41) is 26.0. The Morgan fingerprint density at radius 1 is 1.65 bits per heavy atom. The standard InChI is InChI=1S/C9H14N4O4/c1-5(2)12-9(10-4-7(14)15)8(13(16)17)6(3)11-12/h5,10H,4H2,1-3H3,(H,14,15). The molecule has 0 aliphatic carbocycles. The summed E-state index contributed by atoms with van der Waals surface area (Å²) >= 11 is 0. The van der Waals surface area contributed by atoms with Crippen molar-refractivity contribution >= 4 is 17.5 Å². The molecule has 8 nitrogen and oxygen atoms in total. The summed E-state index contributed by atoms with van der Waals surface area (Å²) in [6.07, 6.45) is 0. The van der Waals surface area contributed by atoms with Gasteiger partial charge < -0.3 is 10.4 Å². The van der Waals surface area contributed by atoms with Crippen molar-refractivity contribution in [2.45, 2.75) is 26.8 Å². The zero-order valence-corrected chi connectivity index (χ0v) is 9.80. The van der Waals surface area contributed by atoms with Crippen molar-refractivity contribution in [1.82, 2.24) is 9.78 Å². The van der Waals surface area contributed by atoms with E-state index in [4.69, 9.17) is 5.11 Å². The van der Waals surface area contributed by atoms with Crippen molar-refractivity contribution in [2.24, 2.45) is 0 Å². The molecule has 17 heavy (non-hydrogen) atoms. The smallest absolute Gasteiger partial charge is 0.333 e. The maximum Gasteiger partial charge on any atom is 0.333 e. The Bertz CT molecular complexity index is 452. The Morgan fingerprint density at radius 3 is 2.65 bits per heavy atom. The number of hydrogen-bond acceptors (Lipinski definition) is 5. The third-order valence-electron chi connectivity index (χ3n) is 2.13. The molecule has 0 saturated carbocycles. The predicted molar refractivity (Wildman–Crippen MR) is 60.1 cm³/mol. The zero-order valence-electron chi connectivity index (χ0n) is 9.80. The van der Waals surface area contributed by atoms with Crippen molar-refractivity contribution in [3.05, 3.63) is 15.8 Å². The summed E-state index contributed by atoms with van der Waals surface area (Å²) < 4.78 is 1.41. The number of nitrogens with one attached hydrogen (secondary N) is 1. The van der Waals surface area contributed by atoms with Crippen LogP contribution >= 0.6 is 0 Å².